The van der Waals surface area contributed by atoms with Crippen LogP contribution >= 0.6 is 39.3 Å². The van der Waals surface area contributed by atoms with Gasteiger partial charge < -0.3 is 9.05 Å². The van der Waals surface area contributed by atoms with E-state index >= 15 is 0 Å². The average Bonchev–Trinajstić information content (AvgIpc) is 2.20. The Bertz CT molecular complexity index is 216. The third-order valence-electron chi connectivity index (χ3n) is 1.73. The summed E-state index contributed by atoms with van der Waals surface area (Å²) in [4.78, 5) is 0. The first kappa shape index (κ1) is 17.0. The van der Waals surface area contributed by atoms with E-state index in [1.54, 1.807) is 0 Å². The normalized spacial score (nSPS) is 19.0. The maximum Gasteiger partial charge on any atom is 0.188 e. The van der Waals surface area contributed by atoms with Crippen LogP contribution in [0.3, 0.4) is 0 Å². The lowest BCUT2D eigenvalue weighted by atomic mass is 10.2. The molecular formula is C8H18Cl2O4P2. The standard InChI is InChI=1S/C8H18Cl2O4P2/c1-15(11)13-5-7(9)3-4-8(10)6-14-16(2)12/h7-8,15-16H,3-6H2,1-2H3. The topological polar surface area (TPSA) is 52.6 Å². The lowest BCUT2D eigenvalue weighted by Gasteiger charge is -2.12. The molecule has 98 valence electrons. The Labute approximate surface area is 108 Å². The molecule has 0 aromatic heterocycles. The maximum atomic E-state index is 10.7. The predicted octanol–water partition coefficient (Wildman–Crippen LogP) is 3.22. The predicted molar refractivity (Wildman–Crippen MR) is 70.3 cm³/mol. The Morgan fingerprint density at radius 2 is 1.25 bits per heavy atom. The minimum absolute atomic E-state index is 0.200. The van der Waals surface area contributed by atoms with E-state index in [0.29, 0.717) is 12.8 Å². The van der Waals surface area contributed by atoms with Crippen LogP contribution in [-0.2, 0) is 18.2 Å². The molecule has 0 spiro atoms. The Morgan fingerprint density at radius 1 is 0.938 bits per heavy atom. The first-order valence-electron chi connectivity index (χ1n) is 4.96. The third-order valence-corrected chi connectivity index (χ3v) is 3.56. The van der Waals surface area contributed by atoms with Gasteiger partial charge in [-0.3, -0.25) is 9.13 Å². The minimum atomic E-state index is -1.92. The van der Waals surface area contributed by atoms with E-state index in [2.05, 4.69) is 0 Å². The van der Waals surface area contributed by atoms with Crippen LogP contribution in [0.1, 0.15) is 12.8 Å². The van der Waals surface area contributed by atoms with Gasteiger partial charge >= 0.3 is 0 Å². The molecule has 0 fully saturated rings. The number of hydrogen-bond acceptors (Lipinski definition) is 4. The van der Waals surface area contributed by atoms with Crippen molar-refractivity contribution >= 4 is 39.3 Å². The minimum Gasteiger partial charge on any atom is -0.329 e. The van der Waals surface area contributed by atoms with Crippen molar-refractivity contribution in [2.24, 2.45) is 0 Å². The average molecular weight is 311 g/mol. The highest BCUT2D eigenvalue weighted by Crippen LogP contribution is 2.21. The van der Waals surface area contributed by atoms with Crippen LogP contribution in [0.15, 0.2) is 0 Å². The Morgan fingerprint density at radius 3 is 1.50 bits per heavy atom. The van der Waals surface area contributed by atoms with Crippen molar-refractivity contribution in [3.8, 4) is 0 Å². The van der Waals surface area contributed by atoms with Gasteiger partial charge in [0.1, 0.15) is 0 Å². The molecule has 0 saturated heterocycles. The zero-order valence-corrected chi connectivity index (χ0v) is 12.9. The quantitative estimate of drug-likeness (QED) is 0.484. The number of alkyl halides is 2. The van der Waals surface area contributed by atoms with Crippen LogP contribution in [0.5, 0.6) is 0 Å². The highest BCUT2D eigenvalue weighted by Gasteiger charge is 2.11. The monoisotopic (exact) mass is 310 g/mol. The summed E-state index contributed by atoms with van der Waals surface area (Å²) in [5.74, 6) is 0. The van der Waals surface area contributed by atoms with Gasteiger partial charge in [-0.15, -0.1) is 23.2 Å². The Kier molecular flexibility index (Phi) is 10.5. The fourth-order valence-electron chi connectivity index (χ4n) is 0.944. The zero-order chi connectivity index (χ0) is 12.6. The molecule has 0 heterocycles. The van der Waals surface area contributed by atoms with Crippen molar-refractivity contribution < 1.29 is 18.2 Å². The second-order valence-electron chi connectivity index (χ2n) is 3.38. The Hall–Kier alpha value is 0.960. The fourth-order valence-corrected chi connectivity index (χ4v) is 2.40. The van der Waals surface area contributed by atoms with Gasteiger partial charge in [0, 0.05) is 13.3 Å². The molecule has 4 unspecified atom stereocenters. The van der Waals surface area contributed by atoms with Crippen LogP contribution in [0.4, 0.5) is 0 Å². The summed E-state index contributed by atoms with van der Waals surface area (Å²) in [6.07, 6.45) is 1.30. The van der Waals surface area contributed by atoms with Crippen LogP contribution in [0.25, 0.3) is 0 Å². The molecule has 0 amide bonds. The highest BCUT2D eigenvalue weighted by atomic mass is 35.5. The van der Waals surface area contributed by atoms with Gasteiger partial charge in [0.25, 0.3) is 0 Å². The molecule has 0 bridgehead atoms. The molecule has 8 heteroatoms. The van der Waals surface area contributed by atoms with Gasteiger partial charge in [-0.2, -0.15) is 0 Å². The van der Waals surface area contributed by atoms with E-state index in [4.69, 9.17) is 32.2 Å². The van der Waals surface area contributed by atoms with Crippen LogP contribution in [0, 0.1) is 0 Å². The summed E-state index contributed by atoms with van der Waals surface area (Å²) in [7, 11) is -3.84. The summed E-state index contributed by atoms with van der Waals surface area (Å²) in [5, 5.41) is -0.400. The van der Waals surface area contributed by atoms with E-state index in [9.17, 15) is 9.13 Å². The lowest BCUT2D eigenvalue weighted by molar-refractivity contribution is 0.306. The zero-order valence-electron chi connectivity index (χ0n) is 9.37. The fraction of sp³-hybridized carbons (Fsp3) is 1.00. The van der Waals surface area contributed by atoms with Crippen LogP contribution < -0.4 is 0 Å². The summed E-state index contributed by atoms with van der Waals surface area (Å²) in [5.41, 5.74) is 0. The second-order valence-corrected chi connectivity index (χ2v) is 7.16. The Balaban J connectivity index is 3.54. The number of rotatable bonds is 9. The second kappa shape index (κ2) is 9.94. The smallest absolute Gasteiger partial charge is 0.188 e. The number of hydrogen-bond donors (Lipinski definition) is 0. The summed E-state index contributed by atoms with van der Waals surface area (Å²) >= 11 is 11.9. The molecular weight excluding hydrogens is 293 g/mol. The van der Waals surface area contributed by atoms with E-state index in [1.165, 1.54) is 13.3 Å². The third kappa shape index (κ3) is 11.4. The van der Waals surface area contributed by atoms with Crippen molar-refractivity contribution in [1.82, 2.24) is 0 Å². The highest BCUT2D eigenvalue weighted by molar-refractivity contribution is 7.38. The van der Waals surface area contributed by atoms with Crippen molar-refractivity contribution in [2.45, 2.75) is 23.6 Å². The molecule has 0 aliphatic heterocycles. The van der Waals surface area contributed by atoms with Crippen molar-refractivity contribution in [1.29, 1.82) is 0 Å². The summed E-state index contributed by atoms with van der Waals surface area (Å²) < 4.78 is 31.2. The van der Waals surface area contributed by atoms with Gasteiger partial charge in [0.15, 0.2) is 16.1 Å². The molecule has 0 rings (SSSR count). The largest absolute Gasteiger partial charge is 0.329 e. The lowest BCUT2D eigenvalue weighted by Crippen LogP contribution is -2.12. The van der Waals surface area contributed by atoms with Crippen molar-refractivity contribution in [3.63, 3.8) is 0 Å². The van der Waals surface area contributed by atoms with E-state index in [0.717, 1.165) is 0 Å². The number of halogens is 2. The summed E-state index contributed by atoms with van der Waals surface area (Å²) in [6.45, 7) is 3.58. The van der Waals surface area contributed by atoms with Gasteiger partial charge in [0.05, 0.1) is 24.0 Å². The van der Waals surface area contributed by atoms with Gasteiger partial charge in [-0.25, -0.2) is 0 Å². The molecule has 0 radical (unpaired) electrons. The van der Waals surface area contributed by atoms with Crippen LogP contribution in [-0.4, -0.2) is 37.3 Å². The molecule has 0 aromatic rings. The molecule has 0 saturated carbocycles. The summed E-state index contributed by atoms with van der Waals surface area (Å²) in [6, 6.07) is 0. The van der Waals surface area contributed by atoms with Crippen molar-refractivity contribution in [2.75, 3.05) is 26.5 Å². The SMILES string of the molecule is C[PH](=O)OCC(Cl)CCC(Cl)CO[PH](C)=O. The van der Waals surface area contributed by atoms with Crippen molar-refractivity contribution in [3.05, 3.63) is 0 Å². The molecule has 0 aliphatic rings. The van der Waals surface area contributed by atoms with E-state index in [1.807, 2.05) is 0 Å². The first-order chi connectivity index (χ1) is 7.41. The first-order valence-corrected chi connectivity index (χ1v) is 9.47. The van der Waals surface area contributed by atoms with E-state index < -0.39 is 16.1 Å². The van der Waals surface area contributed by atoms with Gasteiger partial charge in [-0.1, -0.05) is 0 Å². The molecule has 4 atom stereocenters. The maximum absolute atomic E-state index is 10.7. The molecule has 0 N–H and O–H groups in total. The molecule has 4 nitrogen and oxygen atoms in total. The molecule has 0 aliphatic carbocycles. The van der Waals surface area contributed by atoms with Crippen LogP contribution in [0.2, 0.25) is 0 Å². The van der Waals surface area contributed by atoms with E-state index in [-0.39, 0.29) is 24.0 Å². The van der Waals surface area contributed by atoms with Gasteiger partial charge in [-0.05, 0) is 12.8 Å². The molecule has 0 aromatic carbocycles. The molecule has 16 heavy (non-hydrogen) atoms. The van der Waals surface area contributed by atoms with Gasteiger partial charge in [0.2, 0.25) is 0 Å².